The summed E-state index contributed by atoms with van der Waals surface area (Å²) in [7, 11) is 0. The van der Waals surface area contributed by atoms with Crippen molar-refractivity contribution in [3.8, 4) is 0 Å². The van der Waals surface area contributed by atoms with Crippen LogP contribution < -0.4 is 5.32 Å². The number of carboxylic acids is 1. The number of carboxylic acid groups (broad SMARTS) is 1. The van der Waals surface area contributed by atoms with E-state index in [1.807, 2.05) is 26.8 Å². The largest absolute Gasteiger partial charge is 0.480 e. The Kier molecular flexibility index (Phi) is 3.85. The Balaban J connectivity index is 2.85. The maximum Gasteiger partial charge on any atom is 0.322 e. The van der Waals surface area contributed by atoms with Crippen molar-refractivity contribution < 1.29 is 9.90 Å². The molecule has 5 nitrogen and oxygen atoms in total. The van der Waals surface area contributed by atoms with Gasteiger partial charge in [0.15, 0.2) is 0 Å². The summed E-state index contributed by atoms with van der Waals surface area (Å²) in [6, 6.07) is 1.06. The van der Waals surface area contributed by atoms with Crippen molar-refractivity contribution in [2.75, 3.05) is 6.54 Å². The van der Waals surface area contributed by atoms with Crippen LogP contribution in [0.2, 0.25) is 0 Å². The second-order valence-electron chi connectivity index (χ2n) is 3.53. The van der Waals surface area contributed by atoms with Crippen LogP contribution >= 0.6 is 0 Å². The van der Waals surface area contributed by atoms with Gasteiger partial charge < -0.3 is 10.4 Å². The third-order valence-corrected chi connectivity index (χ3v) is 2.43. The minimum atomic E-state index is -0.848. The molecule has 2 N–H and O–H groups in total. The molecule has 0 aliphatic rings. The van der Waals surface area contributed by atoms with E-state index >= 15 is 0 Å². The lowest BCUT2D eigenvalue weighted by atomic mass is 10.1. The van der Waals surface area contributed by atoms with Crippen molar-refractivity contribution in [2.24, 2.45) is 0 Å². The van der Waals surface area contributed by atoms with Gasteiger partial charge in [-0.2, -0.15) is 5.10 Å². The van der Waals surface area contributed by atoms with Crippen LogP contribution in [0.4, 0.5) is 0 Å². The van der Waals surface area contributed by atoms with Crippen molar-refractivity contribution in [3.63, 3.8) is 0 Å². The van der Waals surface area contributed by atoms with Crippen LogP contribution in [0.25, 0.3) is 0 Å². The zero-order valence-corrected chi connectivity index (χ0v) is 9.27. The molecule has 0 spiro atoms. The minimum absolute atomic E-state index is 0.197. The van der Waals surface area contributed by atoms with Crippen LogP contribution in [-0.4, -0.2) is 33.4 Å². The first-order valence-electron chi connectivity index (χ1n) is 5.04. The van der Waals surface area contributed by atoms with Crippen molar-refractivity contribution in [2.45, 2.75) is 32.9 Å². The van der Waals surface area contributed by atoms with E-state index in [1.165, 1.54) is 0 Å². The second-order valence-corrected chi connectivity index (χ2v) is 3.53. The fourth-order valence-electron chi connectivity index (χ4n) is 1.63. The molecule has 0 fully saturated rings. The van der Waals surface area contributed by atoms with Crippen LogP contribution in [-0.2, 0) is 4.79 Å². The van der Waals surface area contributed by atoms with E-state index in [0.717, 1.165) is 5.69 Å². The number of likely N-dealkylation sites (N-methyl/N-ethyl adjacent to an activating group) is 1. The Hall–Kier alpha value is -1.36. The number of aryl methyl sites for hydroxylation is 1. The van der Waals surface area contributed by atoms with Crippen molar-refractivity contribution >= 4 is 5.97 Å². The quantitative estimate of drug-likeness (QED) is 0.756. The maximum absolute atomic E-state index is 11.0. The second kappa shape index (κ2) is 4.93. The topological polar surface area (TPSA) is 67.2 Å². The lowest BCUT2D eigenvalue weighted by Gasteiger charge is -2.22. The molecular weight excluding hydrogens is 194 g/mol. The zero-order valence-electron chi connectivity index (χ0n) is 9.27. The van der Waals surface area contributed by atoms with E-state index in [-0.39, 0.29) is 6.04 Å². The van der Waals surface area contributed by atoms with E-state index in [0.29, 0.717) is 6.54 Å². The molecule has 0 radical (unpaired) electrons. The Bertz CT molecular complexity index is 335. The van der Waals surface area contributed by atoms with E-state index < -0.39 is 12.0 Å². The molecule has 84 valence electrons. The molecule has 0 saturated carbocycles. The molecule has 0 aliphatic heterocycles. The van der Waals surface area contributed by atoms with Gasteiger partial charge in [-0.05, 0) is 26.5 Å². The number of hydrogen-bond donors (Lipinski definition) is 2. The predicted molar refractivity (Wildman–Crippen MR) is 56.8 cm³/mol. The first-order valence-corrected chi connectivity index (χ1v) is 5.04. The third kappa shape index (κ3) is 2.56. The first kappa shape index (κ1) is 11.7. The molecule has 1 aromatic heterocycles. The van der Waals surface area contributed by atoms with Gasteiger partial charge in [0.1, 0.15) is 6.04 Å². The molecule has 0 aliphatic carbocycles. The van der Waals surface area contributed by atoms with Crippen LogP contribution in [0.3, 0.4) is 0 Å². The number of carbonyl (C=O) groups is 1. The van der Waals surface area contributed by atoms with Gasteiger partial charge >= 0.3 is 5.97 Å². The summed E-state index contributed by atoms with van der Waals surface area (Å²) in [4.78, 5) is 11.0. The highest BCUT2D eigenvalue weighted by atomic mass is 16.4. The third-order valence-electron chi connectivity index (χ3n) is 2.43. The molecule has 15 heavy (non-hydrogen) atoms. The Morgan fingerprint density at radius 2 is 2.40 bits per heavy atom. The summed E-state index contributed by atoms with van der Waals surface area (Å²) in [6.07, 6.45) is 1.68. The molecule has 1 rings (SSSR count). The molecular formula is C10H17N3O2. The number of nitrogens with zero attached hydrogens (tertiary/aromatic N) is 2. The number of rotatable bonds is 5. The summed E-state index contributed by atoms with van der Waals surface area (Å²) in [5, 5.41) is 16.1. The average molecular weight is 211 g/mol. The highest BCUT2D eigenvalue weighted by Crippen LogP contribution is 2.12. The van der Waals surface area contributed by atoms with Gasteiger partial charge in [-0.15, -0.1) is 0 Å². The van der Waals surface area contributed by atoms with E-state index in [9.17, 15) is 4.79 Å². The summed E-state index contributed by atoms with van der Waals surface area (Å²) in [5.74, 6) is -0.848. The Morgan fingerprint density at radius 3 is 2.80 bits per heavy atom. The van der Waals surface area contributed by atoms with Crippen LogP contribution in [0.15, 0.2) is 12.3 Å². The van der Waals surface area contributed by atoms with Gasteiger partial charge in [-0.25, -0.2) is 0 Å². The van der Waals surface area contributed by atoms with Gasteiger partial charge in [0, 0.05) is 11.9 Å². The van der Waals surface area contributed by atoms with Gasteiger partial charge in [0.05, 0.1) is 6.04 Å². The fourth-order valence-corrected chi connectivity index (χ4v) is 1.63. The van der Waals surface area contributed by atoms with Crippen LogP contribution in [0, 0.1) is 6.92 Å². The molecule has 5 heteroatoms. The minimum Gasteiger partial charge on any atom is -0.480 e. The first-order chi connectivity index (χ1) is 7.07. The van der Waals surface area contributed by atoms with Gasteiger partial charge in [0.2, 0.25) is 0 Å². The molecule has 2 atom stereocenters. The monoisotopic (exact) mass is 211 g/mol. The van der Waals surface area contributed by atoms with Gasteiger partial charge in [-0.3, -0.25) is 9.48 Å². The predicted octanol–water partition coefficient (Wildman–Crippen LogP) is 0.815. The van der Waals surface area contributed by atoms with E-state index in [4.69, 9.17) is 5.11 Å². The zero-order chi connectivity index (χ0) is 11.4. The van der Waals surface area contributed by atoms with Gasteiger partial charge in [-0.1, -0.05) is 6.92 Å². The van der Waals surface area contributed by atoms with Crippen LogP contribution in [0.5, 0.6) is 0 Å². The standard InChI is InChI=1S/C10H17N3O2/c1-4-11-9(10(14)15)8(3)13-7(2)5-6-12-13/h5-6,8-9,11H,4H2,1-3H3,(H,14,15). The Labute approximate surface area is 89.1 Å². The average Bonchev–Trinajstić information content (AvgIpc) is 2.59. The van der Waals surface area contributed by atoms with Gasteiger partial charge in [0.25, 0.3) is 0 Å². The lowest BCUT2D eigenvalue weighted by Crippen LogP contribution is -2.43. The SMILES string of the molecule is CCNC(C(=O)O)C(C)n1nccc1C. The molecule has 2 unspecified atom stereocenters. The van der Waals surface area contributed by atoms with E-state index in [2.05, 4.69) is 10.4 Å². The fraction of sp³-hybridized carbons (Fsp3) is 0.600. The Morgan fingerprint density at radius 1 is 1.73 bits per heavy atom. The lowest BCUT2D eigenvalue weighted by molar-refractivity contribution is -0.140. The molecule has 0 aromatic carbocycles. The molecule has 0 amide bonds. The van der Waals surface area contributed by atoms with E-state index in [1.54, 1.807) is 10.9 Å². The number of hydrogen-bond acceptors (Lipinski definition) is 3. The number of aromatic nitrogens is 2. The molecule has 1 heterocycles. The number of aliphatic carboxylic acids is 1. The van der Waals surface area contributed by atoms with Crippen molar-refractivity contribution in [3.05, 3.63) is 18.0 Å². The molecule has 0 saturated heterocycles. The summed E-state index contributed by atoms with van der Waals surface area (Å²) < 4.78 is 1.72. The number of nitrogens with one attached hydrogen (secondary N) is 1. The maximum atomic E-state index is 11.0. The van der Waals surface area contributed by atoms with Crippen LogP contribution in [0.1, 0.15) is 25.6 Å². The molecule has 1 aromatic rings. The molecule has 0 bridgehead atoms. The normalized spacial score (nSPS) is 14.9. The van der Waals surface area contributed by atoms with Crippen molar-refractivity contribution in [1.29, 1.82) is 0 Å². The highest BCUT2D eigenvalue weighted by molar-refractivity contribution is 5.74. The summed E-state index contributed by atoms with van der Waals surface area (Å²) in [6.45, 7) is 6.27. The smallest absolute Gasteiger partial charge is 0.322 e. The summed E-state index contributed by atoms with van der Waals surface area (Å²) >= 11 is 0. The van der Waals surface area contributed by atoms with Crippen molar-refractivity contribution in [1.82, 2.24) is 15.1 Å². The summed E-state index contributed by atoms with van der Waals surface area (Å²) in [5.41, 5.74) is 0.964. The highest BCUT2D eigenvalue weighted by Gasteiger charge is 2.25.